The fourth-order valence-electron chi connectivity index (χ4n) is 2.96. The highest BCUT2D eigenvalue weighted by molar-refractivity contribution is 5.97. The van der Waals surface area contributed by atoms with Gasteiger partial charge in [0.15, 0.2) is 0 Å². The van der Waals surface area contributed by atoms with Crippen LogP contribution in [0.1, 0.15) is 17.5 Å². The van der Waals surface area contributed by atoms with Gasteiger partial charge in [-0.05, 0) is 43.2 Å². The molecule has 2 aromatic rings. The van der Waals surface area contributed by atoms with Crippen molar-refractivity contribution in [1.29, 1.82) is 0 Å². The number of likely N-dealkylation sites (tertiary alicyclic amines) is 1. The molecule has 1 atom stereocenters. The van der Waals surface area contributed by atoms with E-state index in [1.54, 1.807) is 17.0 Å². The van der Waals surface area contributed by atoms with Crippen molar-refractivity contribution in [1.82, 2.24) is 4.90 Å². The molecule has 4 nitrogen and oxygen atoms in total. The van der Waals surface area contributed by atoms with Crippen molar-refractivity contribution in [3.8, 4) is 0 Å². The number of benzene rings is 2. The van der Waals surface area contributed by atoms with Crippen LogP contribution in [0.15, 0.2) is 48.5 Å². The van der Waals surface area contributed by atoms with Gasteiger partial charge in [0, 0.05) is 25.2 Å². The van der Waals surface area contributed by atoms with Crippen LogP contribution in [0.5, 0.6) is 0 Å². The largest absolute Gasteiger partial charge is 0.342 e. The second-order valence-electron chi connectivity index (χ2n) is 6.47. The van der Waals surface area contributed by atoms with Crippen LogP contribution in [-0.2, 0) is 16.0 Å². The number of nitrogens with one attached hydrogen (secondary N) is 1. The Kier molecular flexibility index (Phi) is 5.12. The average Bonchev–Trinajstić information content (AvgIpc) is 2.97. The SMILES string of the molecule is Cc1ccc(NC(=O)C2CC(=O)N(CCc3ccc(F)cc3)C2)cc1. The first-order valence-electron chi connectivity index (χ1n) is 8.41. The number of halogens is 1. The minimum Gasteiger partial charge on any atom is -0.342 e. The van der Waals surface area contributed by atoms with Gasteiger partial charge in [0.25, 0.3) is 0 Å². The van der Waals surface area contributed by atoms with Crippen LogP contribution in [0, 0.1) is 18.7 Å². The van der Waals surface area contributed by atoms with Crippen LogP contribution in [0.2, 0.25) is 0 Å². The number of nitrogens with zero attached hydrogens (tertiary/aromatic N) is 1. The van der Waals surface area contributed by atoms with E-state index in [1.807, 2.05) is 31.2 Å². The van der Waals surface area contributed by atoms with Crippen LogP contribution >= 0.6 is 0 Å². The third kappa shape index (κ3) is 4.44. The summed E-state index contributed by atoms with van der Waals surface area (Å²) >= 11 is 0. The topological polar surface area (TPSA) is 49.4 Å². The van der Waals surface area contributed by atoms with Gasteiger partial charge in [0.05, 0.1) is 5.92 Å². The normalized spacial score (nSPS) is 17.0. The predicted molar refractivity (Wildman–Crippen MR) is 94.6 cm³/mol. The monoisotopic (exact) mass is 340 g/mol. The standard InChI is InChI=1S/C20H21FN2O2/c1-14-2-8-18(9-3-14)22-20(25)16-12-19(24)23(13-16)11-10-15-4-6-17(21)7-5-15/h2-9,16H,10-13H2,1H3,(H,22,25). The summed E-state index contributed by atoms with van der Waals surface area (Å²) < 4.78 is 12.9. The molecule has 0 saturated carbocycles. The Morgan fingerprint density at radius 1 is 1.16 bits per heavy atom. The maximum atomic E-state index is 12.9. The lowest BCUT2D eigenvalue weighted by molar-refractivity contribution is -0.128. The predicted octanol–water partition coefficient (Wildman–Crippen LogP) is 3.16. The van der Waals surface area contributed by atoms with E-state index < -0.39 is 0 Å². The van der Waals surface area contributed by atoms with Crippen molar-refractivity contribution in [2.24, 2.45) is 5.92 Å². The molecule has 0 radical (unpaired) electrons. The average molecular weight is 340 g/mol. The summed E-state index contributed by atoms with van der Waals surface area (Å²) in [5, 5.41) is 2.87. The lowest BCUT2D eigenvalue weighted by atomic mass is 10.1. The van der Waals surface area contributed by atoms with Gasteiger partial charge in [-0.2, -0.15) is 0 Å². The molecular weight excluding hydrogens is 319 g/mol. The third-order valence-electron chi connectivity index (χ3n) is 4.49. The van der Waals surface area contributed by atoms with Gasteiger partial charge in [-0.25, -0.2) is 4.39 Å². The smallest absolute Gasteiger partial charge is 0.229 e. The minimum atomic E-state index is -0.331. The summed E-state index contributed by atoms with van der Waals surface area (Å²) in [6, 6.07) is 13.9. The van der Waals surface area contributed by atoms with Crippen molar-refractivity contribution in [3.05, 3.63) is 65.5 Å². The number of anilines is 1. The number of aryl methyl sites for hydroxylation is 1. The van der Waals surface area contributed by atoms with Crippen molar-refractivity contribution < 1.29 is 14.0 Å². The fraction of sp³-hybridized carbons (Fsp3) is 0.300. The Bertz CT molecular complexity index is 756. The van der Waals surface area contributed by atoms with Crippen LogP contribution < -0.4 is 5.32 Å². The number of carbonyl (C=O) groups excluding carboxylic acids is 2. The lowest BCUT2D eigenvalue weighted by Crippen LogP contribution is -2.30. The molecule has 0 aromatic heterocycles. The van der Waals surface area contributed by atoms with Crippen LogP contribution in [-0.4, -0.2) is 29.8 Å². The molecule has 1 N–H and O–H groups in total. The van der Waals surface area contributed by atoms with E-state index in [-0.39, 0.29) is 30.0 Å². The van der Waals surface area contributed by atoms with E-state index in [1.165, 1.54) is 12.1 Å². The summed E-state index contributed by atoms with van der Waals surface area (Å²) in [5.74, 6) is -0.733. The van der Waals surface area contributed by atoms with Crippen molar-refractivity contribution in [2.45, 2.75) is 19.8 Å². The molecule has 1 saturated heterocycles. The maximum Gasteiger partial charge on any atom is 0.229 e. The van der Waals surface area contributed by atoms with Gasteiger partial charge < -0.3 is 10.2 Å². The highest BCUT2D eigenvalue weighted by Crippen LogP contribution is 2.20. The molecule has 130 valence electrons. The van der Waals surface area contributed by atoms with E-state index in [9.17, 15) is 14.0 Å². The van der Waals surface area contributed by atoms with Crippen molar-refractivity contribution in [3.63, 3.8) is 0 Å². The van der Waals surface area contributed by atoms with E-state index in [4.69, 9.17) is 0 Å². The zero-order valence-electron chi connectivity index (χ0n) is 14.2. The number of hydrogen-bond acceptors (Lipinski definition) is 2. The van der Waals surface area contributed by atoms with Crippen molar-refractivity contribution >= 4 is 17.5 Å². The van der Waals surface area contributed by atoms with E-state index >= 15 is 0 Å². The summed E-state index contributed by atoms with van der Waals surface area (Å²) in [7, 11) is 0. The zero-order valence-corrected chi connectivity index (χ0v) is 14.2. The van der Waals surface area contributed by atoms with Gasteiger partial charge in [0.1, 0.15) is 5.82 Å². The Morgan fingerprint density at radius 2 is 1.84 bits per heavy atom. The van der Waals surface area contributed by atoms with Gasteiger partial charge in [0.2, 0.25) is 11.8 Å². The van der Waals surface area contributed by atoms with E-state index in [0.29, 0.717) is 19.5 Å². The highest BCUT2D eigenvalue weighted by Gasteiger charge is 2.33. The lowest BCUT2D eigenvalue weighted by Gasteiger charge is -2.16. The molecule has 1 unspecified atom stereocenters. The minimum absolute atomic E-state index is 0.00818. The number of rotatable bonds is 5. The number of carbonyl (C=O) groups is 2. The molecule has 1 heterocycles. The Labute approximate surface area is 146 Å². The number of hydrogen-bond donors (Lipinski definition) is 1. The summed E-state index contributed by atoms with van der Waals surface area (Å²) in [6.45, 7) is 2.96. The van der Waals surface area contributed by atoms with Crippen LogP contribution in [0.4, 0.5) is 10.1 Å². The molecule has 0 bridgehead atoms. The second kappa shape index (κ2) is 7.47. The molecule has 1 aliphatic rings. The van der Waals surface area contributed by atoms with Gasteiger partial charge in [-0.3, -0.25) is 9.59 Å². The molecule has 5 heteroatoms. The first kappa shape index (κ1) is 17.1. The zero-order chi connectivity index (χ0) is 17.8. The quantitative estimate of drug-likeness (QED) is 0.909. The Hall–Kier alpha value is -2.69. The van der Waals surface area contributed by atoms with Gasteiger partial charge >= 0.3 is 0 Å². The molecule has 25 heavy (non-hydrogen) atoms. The molecule has 2 amide bonds. The third-order valence-corrected chi connectivity index (χ3v) is 4.49. The molecular formula is C20H21FN2O2. The van der Waals surface area contributed by atoms with E-state index in [0.717, 1.165) is 16.8 Å². The van der Waals surface area contributed by atoms with Crippen LogP contribution in [0.3, 0.4) is 0 Å². The summed E-state index contributed by atoms with van der Waals surface area (Å²) in [6.07, 6.45) is 0.888. The molecule has 3 rings (SSSR count). The van der Waals surface area contributed by atoms with Crippen LogP contribution in [0.25, 0.3) is 0 Å². The van der Waals surface area contributed by atoms with Crippen molar-refractivity contribution in [2.75, 3.05) is 18.4 Å². The molecule has 0 aliphatic carbocycles. The van der Waals surface area contributed by atoms with Gasteiger partial charge in [-0.1, -0.05) is 29.8 Å². The first-order valence-corrected chi connectivity index (χ1v) is 8.41. The second-order valence-corrected chi connectivity index (χ2v) is 6.47. The Balaban J connectivity index is 1.53. The maximum absolute atomic E-state index is 12.9. The molecule has 1 fully saturated rings. The van der Waals surface area contributed by atoms with E-state index in [2.05, 4.69) is 5.32 Å². The van der Waals surface area contributed by atoms with Gasteiger partial charge in [-0.15, -0.1) is 0 Å². The molecule has 0 spiro atoms. The molecule has 2 aromatic carbocycles. The highest BCUT2D eigenvalue weighted by atomic mass is 19.1. The summed E-state index contributed by atoms with van der Waals surface area (Å²) in [4.78, 5) is 26.2. The summed E-state index contributed by atoms with van der Waals surface area (Å²) in [5.41, 5.74) is 2.84. The fourth-order valence-corrected chi connectivity index (χ4v) is 2.96. The number of amides is 2. The Morgan fingerprint density at radius 3 is 2.52 bits per heavy atom. The molecule has 1 aliphatic heterocycles. The first-order chi connectivity index (χ1) is 12.0.